The summed E-state index contributed by atoms with van der Waals surface area (Å²) in [6.07, 6.45) is 0.103. The van der Waals surface area contributed by atoms with Crippen LogP contribution in [-0.4, -0.2) is 24.8 Å². The smallest absolute Gasteiger partial charge is 0.310 e. The molecule has 0 aromatic heterocycles. The fourth-order valence-corrected chi connectivity index (χ4v) is 1.31. The fraction of sp³-hybridized carbons (Fsp3) is 0.364. The van der Waals surface area contributed by atoms with Gasteiger partial charge < -0.3 is 14.6 Å². The molecule has 1 rings (SSSR count). The van der Waals surface area contributed by atoms with Crippen LogP contribution < -0.4 is 4.74 Å². The Morgan fingerprint density at radius 3 is 2.80 bits per heavy atom. The quantitative estimate of drug-likeness (QED) is 0.765. The van der Waals surface area contributed by atoms with Crippen molar-refractivity contribution >= 4 is 5.97 Å². The van der Waals surface area contributed by atoms with Crippen LogP contribution in [0.2, 0.25) is 0 Å². The van der Waals surface area contributed by atoms with Gasteiger partial charge in [0, 0.05) is 5.56 Å². The van der Waals surface area contributed by atoms with Gasteiger partial charge in [-0.25, -0.2) is 0 Å². The van der Waals surface area contributed by atoms with Crippen molar-refractivity contribution in [3.63, 3.8) is 0 Å². The summed E-state index contributed by atoms with van der Waals surface area (Å²) in [7, 11) is 1.45. The number of rotatable bonds is 4. The molecule has 1 N–H and O–H groups in total. The molecule has 4 nitrogen and oxygen atoms in total. The minimum absolute atomic E-state index is 0.0271. The Labute approximate surface area is 88.4 Å². The SMILES string of the molecule is CCOC(=O)Cc1cccc(O)c1OC. The molecule has 0 saturated carbocycles. The Kier molecular flexibility index (Phi) is 3.97. The highest BCUT2D eigenvalue weighted by Gasteiger charge is 2.12. The summed E-state index contributed by atoms with van der Waals surface area (Å²) in [6.45, 7) is 2.09. The van der Waals surface area contributed by atoms with Gasteiger partial charge in [0.25, 0.3) is 0 Å². The molecule has 0 amide bonds. The number of carbonyl (C=O) groups is 1. The van der Waals surface area contributed by atoms with E-state index in [2.05, 4.69) is 0 Å². The molecule has 82 valence electrons. The van der Waals surface area contributed by atoms with Gasteiger partial charge in [0.15, 0.2) is 11.5 Å². The Hall–Kier alpha value is -1.71. The molecule has 0 radical (unpaired) electrons. The number of hydrogen-bond acceptors (Lipinski definition) is 4. The molecule has 0 aliphatic rings. The number of benzene rings is 1. The van der Waals surface area contributed by atoms with Crippen LogP contribution in [0.3, 0.4) is 0 Å². The number of esters is 1. The number of methoxy groups -OCH3 is 1. The molecule has 0 unspecified atom stereocenters. The lowest BCUT2D eigenvalue weighted by molar-refractivity contribution is -0.142. The predicted octanol–water partition coefficient (Wildman–Crippen LogP) is 1.51. The van der Waals surface area contributed by atoms with Crippen molar-refractivity contribution < 1.29 is 19.4 Å². The van der Waals surface area contributed by atoms with E-state index < -0.39 is 0 Å². The van der Waals surface area contributed by atoms with Gasteiger partial charge in [0.05, 0.1) is 20.1 Å². The molecule has 15 heavy (non-hydrogen) atoms. The maximum Gasteiger partial charge on any atom is 0.310 e. The van der Waals surface area contributed by atoms with Crippen molar-refractivity contribution in [2.75, 3.05) is 13.7 Å². The van der Waals surface area contributed by atoms with Gasteiger partial charge in [-0.05, 0) is 13.0 Å². The molecule has 0 fully saturated rings. The van der Waals surface area contributed by atoms with Crippen molar-refractivity contribution in [1.82, 2.24) is 0 Å². The highest BCUT2D eigenvalue weighted by atomic mass is 16.5. The van der Waals surface area contributed by atoms with Gasteiger partial charge in [-0.2, -0.15) is 0 Å². The Bertz CT molecular complexity index is 346. The van der Waals surface area contributed by atoms with Gasteiger partial charge in [-0.15, -0.1) is 0 Å². The average molecular weight is 210 g/mol. The molecule has 0 saturated heterocycles. The van der Waals surface area contributed by atoms with Crippen molar-refractivity contribution in [3.8, 4) is 11.5 Å². The first kappa shape index (κ1) is 11.4. The Balaban J connectivity index is 2.84. The monoisotopic (exact) mass is 210 g/mol. The molecule has 1 aromatic rings. The molecule has 0 bridgehead atoms. The van der Waals surface area contributed by atoms with Crippen LogP contribution >= 0.6 is 0 Å². The Morgan fingerprint density at radius 2 is 2.20 bits per heavy atom. The third-order valence-electron chi connectivity index (χ3n) is 1.92. The second-order valence-corrected chi connectivity index (χ2v) is 2.95. The zero-order valence-electron chi connectivity index (χ0n) is 8.82. The highest BCUT2D eigenvalue weighted by molar-refractivity contribution is 5.74. The van der Waals surface area contributed by atoms with Crippen LogP contribution in [0.25, 0.3) is 0 Å². The summed E-state index contributed by atoms with van der Waals surface area (Å²) in [4.78, 5) is 11.2. The van der Waals surface area contributed by atoms with Gasteiger partial charge in [0.2, 0.25) is 0 Å². The topological polar surface area (TPSA) is 55.8 Å². The van der Waals surface area contributed by atoms with Crippen molar-refractivity contribution in [3.05, 3.63) is 23.8 Å². The third-order valence-corrected chi connectivity index (χ3v) is 1.92. The summed E-state index contributed by atoms with van der Waals surface area (Å²) in [5, 5.41) is 9.46. The number of para-hydroxylation sites is 1. The molecular formula is C11H14O4. The zero-order chi connectivity index (χ0) is 11.3. The summed E-state index contributed by atoms with van der Waals surface area (Å²) in [6, 6.07) is 4.88. The lowest BCUT2D eigenvalue weighted by atomic mass is 10.1. The maximum atomic E-state index is 11.2. The zero-order valence-corrected chi connectivity index (χ0v) is 8.82. The first-order chi connectivity index (χ1) is 7.19. The third kappa shape index (κ3) is 2.87. The molecule has 0 heterocycles. The van der Waals surface area contributed by atoms with E-state index in [1.807, 2.05) is 0 Å². The van der Waals surface area contributed by atoms with Crippen molar-refractivity contribution in [2.45, 2.75) is 13.3 Å². The number of carbonyl (C=O) groups excluding carboxylic acids is 1. The van der Waals surface area contributed by atoms with E-state index in [0.717, 1.165) is 0 Å². The highest BCUT2D eigenvalue weighted by Crippen LogP contribution is 2.29. The molecule has 4 heteroatoms. The van der Waals surface area contributed by atoms with Crippen LogP contribution in [-0.2, 0) is 16.0 Å². The number of phenolic OH excluding ortho intramolecular Hbond substituents is 1. The molecular weight excluding hydrogens is 196 g/mol. The number of phenols is 1. The predicted molar refractivity (Wildman–Crippen MR) is 55.0 cm³/mol. The average Bonchev–Trinajstić information content (AvgIpc) is 2.18. The first-order valence-electron chi connectivity index (χ1n) is 4.69. The molecule has 1 aromatic carbocycles. The first-order valence-corrected chi connectivity index (χ1v) is 4.69. The fourth-order valence-electron chi connectivity index (χ4n) is 1.31. The van der Waals surface area contributed by atoms with Crippen LogP contribution in [0, 0.1) is 0 Å². The molecule has 0 spiro atoms. The normalized spacial score (nSPS) is 9.73. The van der Waals surface area contributed by atoms with E-state index in [0.29, 0.717) is 17.9 Å². The summed E-state index contributed by atoms with van der Waals surface area (Å²) in [5.74, 6) is 0.0197. The van der Waals surface area contributed by atoms with Crippen molar-refractivity contribution in [2.24, 2.45) is 0 Å². The summed E-state index contributed by atoms with van der Waals surface area (Å²) >= 11 is 0. The standard InChI is InChI=1S/C11H14O4/c1-3-15-10(13)7-8-5-4-6-9(12)11(8)14-2/h4-6,12H,3,7H2,1-2H3. The lowest BCUT2D eigenvalue weighted by Gasteiger charge is -2.09. The molecule has 0 atom stereocenters. The van der Waals surface area contributed by atoms with Crippen LogP contribution in [0.1, 0.15) is 12.5 Å². The van der Waals surface area contributed by atoms with E-state index in [4.69, 9.17) is 9.47 Å². The van der Waals surface area contributed by atoms with E-state index in [9.17, 15) is 9.90 Å². The van der Waals surface area contributed by atoms with Crippen LogP contribution in [0.5, 0.6) is 11.5 Å². The van der Waals surface area contributed by atoms with E-state index in [-0.39, 0.29) is 18.1 Å². The maximum absolute atomic E-state index is 11.2. The molecule has 0 aliphatic heterocycles. The Morgan fingerprint density at radius 1 is 1.47 bits per heavy atom. The molecule has 0 aliphatic carbocycles. The summed E-state index contributed by atoms with van der Waals surface area (Å²) < 4.78 is 9.81. The minimum Gasteiger partial charge on any atom is -0.504 e. The minimum atomic E-state index is -0.332. The van der Waals surface area contributed by atoms with Gasteiger partial charge in [-0.3, -0.25) is 4.79 Å². The number of ether oxygens (including phenoxy) is 2. The second kappa shape index (κ2) is 5.24. The van der Waals surface area contributed by atoms with E-state index in [1.165, 1.54) is 13.2 Å². The van der Waals surface area contributed by atoms with Gasteiger partial charge >= 0.3 is 5.97 Å². The van der Waals surface area contributed by atoms with Crippen LogP contribution in [0.4, 0.5) is 0 Å². The van der Waals surface area contributed by atoms with Gasteiger partial charge in [-0.1, -0.05) is 12.1 Å². The van der Waals surface area contributed by atoms with Crippen molar-refractivity contribution in [1.29, 1.82) is 0 Å². The second-order valence-electron chi connectivity index (χ2n) is 2.95. The number of aromatic hydroxyl groups is 1. The summed E-state index contributed by atoms with van der Waals surface area (Å²) in [5.41, 5.74) is 0.621. The largest absolute Gasteiger partial charge is 0.504 e. The van der Waals surface area contributed by atoms with E-state index >= 15 is 0 Å². The van der Waals surface area contributed by atoms with E-state index in [1.54, 1.807) is 19.1 Å². The number of hydrogen-bond donors (Lipinski definition) is 1. The van der Waals surface area contributed by atoms with Crippen LogP contribution in [0.15, 0.2) is 18.2 Å². The lowest BCUT2D eigenvalue weighted by Crippen LogP contribution is -2.08. The van der Waals surface area contributed by atoms with Gasteiger partial charge in [0.1, 0.15) is 0 Å².